The van der Waals surface area contributed by atoms with Crippen molar-refractivity contribution in [2.24, 2.45) is 11.7 Å². The molecule has 0 saturated carbocycles. The van der Waals surface area contributed by atoms with Crippen LogP contribution in [0.15, 0.2) is 42.5 Å². The predicted molar refractivity (Wildman–Crippen MR) is 117 cm³/mol. The largest absolute Gasteiger partial charge is 0.366 e. The van der Waals surface area contributed by atoms with Crippen LogP contribution in [0.4, 0.5) is 5.69 Å². The van der Waals surface area contributed by atoms with Crippen LogP contribution in [0.5, 0.6) is 0 Å². The van der Waals surface area contributed by atoms with Gasteiger partial charge in [-0.05, 0) is 42.7 Å². The van der Waals surface area contributed by atoms with E-state index >= 15 is 0 Å². The number of piperidine rings is 1. The third-order valence-corrected chi connectivity index (χ3v) is 7.59. The summed E-state index contributed by atoms with van der Waals surface area (Å²) in [7, 11) is -3.55. The number of hydrogen-bond donors (Lipinski definition) is 2. The lowest BCUT2D eigenvalue weighted by molar-refractivity contribution is -0.120. The molecule has 10 heteroatoms. The summed E-state index contributed by atoms with van der Waals surface area (Å²) in [6.07, 6.45) is 0.760. The van der Waals surface area contributed by atoms with E-state index in [4.69, 9.17) is 28.9 Å². The van der Waals surface area contributed by atoms with Crippen molar-refractivity contribution in [3.05, 3.63) is 63.6 Å². The highest BCUT2D eigenvalue weighted by Crippen LogP contribution is 2.26. The number of carbonyl (C=O) groups is 2. The molecule has 3 rings (SSSR count). The molecule has 2 aromatic rings. The smallest absolute Gasteiger partial charge is 0.250 e. The number of halogens is 2. The number of primary amides is 1. The van der Waals surface area contributed by atoms with Gasteiger partial charge >= 0.3 is 0 Å². The summed E-state index contributed by atoms with van der Waals surface area (Å²) in [6.45, 7) is 0.471. The molecule has 0 spiro atoms. The normalized spacial score (nSPS) is 15.7. The minimum atomic E-state index is -3.55. The zero-order valence-electron chi connectivity index (χ0n) is 16.0. The molecular weight excluding hydrogens is 449 g/mol. The van der Waals surface area contributed by atoms with Crippen molar-refractivity contribution >= 4 is 50.7 Å². The number of benzene rings is 2. The van der Waals surface area contributed by atoms with Gasteiger partial charge in [-0.2, -0.15) is 0 Å². The number of nitrogens with zero attached hydrogens (tertiary/aromatic N) is 1. The van der Waals surface area contributed by atoms with Gasteiger partial charge in [0.1, 0.15) is 0 Å². The van der Waals surface area contributed by atoms with Crippen molar-refractivity contribution in [2.45, 2.75) is 18.6 Å². The first-order valence-corrected chi connectivity index (χ1v) is 11.7. The zero-order valence-corrected chi connectivity index (χ0v) is 18.3. The van der Waals surface area contributed by atoms with Crippen LogP contribution in [-0.4, -0.2) is 37.6 Å². The number of carbonyl (C=O) groups excluding carboxylic acids is 2. The monoisotopic (exact) mass is 469 g/mol. The van der Waals surface area contributed by atoms with E-state index in [2.05, 4.69) is 5.32 Å². The molecule has 2 aromatic carbocycles. The summed E-state index contributed by atoms with van der Waals surface area (Å²) in [5.41, 5.74) is 6.47. The summed E-state index contributed by atoms with van der Waals surface area (Å²) in [6, 6.07) is 11.2. The highest BCUT2D eigenvalue weighted by atomic mass is 35.5. The van der Waals surface area contributed by atoms with Crippen molar-refractivity contribution in [1.82, 2.24) is 4.31 Å². The van der Waals surface area contributed by atoms with Gasteiger partial charge in [-0.25, -0.2) is 12.7 Å². The first-order chi connectivity index (χ1) is 14.2. The highest BCUT2D eigenvalue weighted by molar-refractivity contribution is 7.88. The number of amides is 2. The quantitative estimate of drug-likeness (QED) is 0.675. The van der Waals surface area contributed by atoms with Crippen LogP contribution in [0, 0.1) is 5.92 Å². The van der Waals surface area contributed by atoms with E-state index < -0.39 is 15.9 Å². The number of sulfonamides is 1. The average molecular weight is 470 g/mol. The molecule has 30 heavy (non-hydrogen) atoms. The number of anilines is 1. The summed E-state index contributed by atoms with van der Waals surface area (Å²) in [5.74, 6) is -1.44. The molecule has 0 aliphatic carbocycles. The van der Waals surface area contributed by atoms with Crippen molar-refractivity contribution in [3.63, 3.8) is 0 Å². The maximum absolute atomic E-state index is 12.7. The molecule has 7 nitrogen and oxygen atoms in total. The Hall–Kier alpha value is -2.13. The highest BCUT2D eigenvalue weighted by Gasteiger charge is 2.31. The molecule has 1 saturated heterocycles. The number of hydrogen-bond acceptors (Lipinski definition) is 4. The topological polar surface area (TPSA) is 110 Å². The van der Waals surface area contributed by atoms with Crippen LogP contribution in [0.3, 0.4) is 0 Å². The summed E-state index contributed by atoms with van der Waals surface area (Å²) >= 11 is 11.8. The van der Waals surface area contributed by atoms with Gasteiger partial charge in [0, 0.05) is 19.0 Å². The Morgan fingerprint density at radius 2 is 1.73 bits per heavy atom. The molecule has 0 radical (unpaired) electrons. The van der Waals surface area contributed by atoms with Crippen LogP contribution in [0.1, 0.15) is 28.8 Å². The third kappa shape index (κ3) is 5.31. The van der Waals surface area contributed by atoms with E-state index in [1.54, 1.807) is 30.3 Å². The van der Waals surface area contributed by atoms with Crippen LogP contribution in [0.25, 0.3) is 0 Å². The number of nitrogens with one attached hydrogen (secondary N) is 1. The molecule has 3 N–H and O–H groups in total. The van der Waals surface area contributed by atoms with E-state index in [0.717, 1.165) is 0 Å². The Morgan fingerprint density at radius 3 is 2.37 bits per heavy atom. The van der Waals surface area contributed by atoms with E-state index in [1.165, 1.54) is 16.4 Å². The van der Waals surface area contributed by atoms with Gasteiger partial charge in [-0.1, -0.05) is 41.4 Å². The van der Waals surface area contributed by atoms with E-state index in [9.17, 15) is 18.0 Å². The molecule has 1 aliphatic rings. The zero-order chi connectivity index (χ0) is 21.9. The van der Waals surface area contributed by atoms with Crippen molar-refractivity contribution in [3.8, 4) is 0 Å². The SMILES string of the molecule is NC(=O)c1ccccc1NC(=O)C1CCN(S(=O)(=O)Cc2ccc(Cl)c(Cl)c2)CC1. The van der Waals surface area contributed by atoms with Crippen molar-refractivity contribution < 1.29 is 18.0 Å². The van der Waals surface area contributed by atoms with Gasteiger partial charge in [0.2, 0.25) is 15.9 Å². The fourth-order valence-electron chi connectivity index (χ4n) is 3.37. The third-order valence-electron chi connectivity index (χ3n) is 5.00. The van der Waals surface area contributed by atoms with Gasteiger partial charge in [0.05, 0.1) is 27.0 Å². The van der Waals surface area contributed by atoms with E-state index in [-0.39, 0.29) is 36.2 Å². The van der Waals surface area contributed by atoms with Gasteiger partial charge in [0.25, 0.3) is 5.91 Å². The molecule has 1 aliphatic heterocycles. The van der Waals surface area contributed by atoms with E-state index in [1.807, 2.05) is 0 Å². The molecule has 1 heterocycles. The molecular formula is C20H21Cl2N3O4S. The lowest BCUT2D eigenvalue weighted by atomic mass is 9.97. The molecule has 0 atom stereocenters. The lowest BCUT2D eigenvalue weighted by Gasteiger charge is -2.30. The van der Waals surface area contributed by atoms with Crippen molar-refractivity contribution in [2.75, 3.05) is 18.4 Å². The number of nitrogens with two attached hydrogens (primary N) is 1. The van der Waals surface area contributed by atoms with Crippen LogP contribution in [0.2, 0.25) is 10.0 Å². The molecule has 2 amide bonds. The molecule has 1 fully saturated rings. The second-order valence-corrected chi connectivity index (χ2v) is 9.86. The van der Waals surface area contributed by atoms with Gasteiger partial charge in [0.15, 0.2) is 0 Å². The second-order valence-electron chi connectivity index (χ2n) is 7.08. The lowest BCUT2D eigenvalue weighted by Crippen LogP contribution is -2.42. The van der Waals surface area contributed by atoms with Crippen LogP contribution >= 0.6 is 23.2 Å². The number of rotatable bonds is 6. The maximum atomic E-state index is 12.7. The molecule has 0 aromatic heterocycles. The van der Waals surface area contributed by atoms with Gasteiger partial charge < -0.3 is 11.1 Å². The molecule has 0 bridgehead atoms. The van der Waals surface area contributed by atoms with Crippen LogP contribution < -0.4 is 11.1 Å². The minimum absolute atomic E-state index is 0.188. The first kappa shape index (κ1) is 22.6. The second kappa shape index (κ2) is 9.34. The molecule has 0 unspecified atom stereocenters. The fraction of sp³-hybridized carbons (Fsp3) is 0.300. The Balaban J connectivity index is 1.60. The predicted octanol–water partition coefficient (Wildman–Crippen LogP) is 3.27. The Labute approximate surface area is 185 Å². The van der Waals surface area contributed by atoms with Crippen molar-refractivity contribution in [1.29, 1.82) is 0 Å². The Bertz CT molecular complexity index is 1070. The first-order valence-electron chi connectivity index (χ1n) is 9.29. The number of para-hydroxylation sites is 1. The maximum Gasteiger partial charge on any atom is 0.250 e. The molecule has 160 valence electrons. The Kier molecular flexibility index (Phi) is 7.02. The average Bonchev–Trinajstić information content (AvgIpc) is 2.71. The minimum Gasteiger partial charge on any atom is -0.366 e. The van der Waals surface area contributed by atoms with Gasteiger partial charge in [-0.15, -0.1) is 0 Å². The standard InChI is InChI=1S/C20H21Cl2N3O4S/c21-16-6-5-13(11-17(16)22)12-30(28,29)25-9-7-14(8-10-25)20(27)24-18-4-2-1-3-15(18)19(23)26/h1-6,11,14H,7-10,12H2,(H2,23,26)(H,24,27). The fourth-order valence-corrected chi connectivity index (χ4v) is 5.24. The van der Waals surface area contributed by atoms with Gasteiger partial charge in [-0.3, -0.25) is 9.59 Å². The van der Waals surface area contributed by atoms with E-state index in [0.29, 0.717) is 34.1 Å². The van der Waals surface area contributed by atoms with Crippen LogP contribution in [-0.2, 0) is 20.6 Å². The Morgan fingerprint density at radius 1 is 1.07 bits per heavy atom. The summed E-state index contributed by atoms with van der Waals surface area (Å²) in [4.78, 5) is 24.1. The summed E-state index contributed by atoms with van der Waals surface area (Å²) < 4.78 is 26.9. The summed E-state index contributed by atoms with van der Waals surface area (Å²) in [5, 5.41) is 3.40.